The first-order chi connectivity index (χ1) is 8.97. The Labute approximate surface area is 104 Å². The number of nitrogens with zero attached hydrogens (tertiary/aromatic N) is 5. The van der Waals surface area contributed by atoms with Gasteiger partial charge in [-0.2, -0.15) is 23.8 Å². The average molecular weight is 271 g/mol. The van der Waals surface area contributed by atoms with Crippen LogP contribution in [0.15, 0.2) is 29.4 Å². The van der Waals surface area contributed by atoms with E-state index >= 15 is 0 Å². The molecule has 1 heterocycles. The van der Waals surface area contributed by atoms with Crippen molar-refractivity contribution in [2.45, 2.75) is 6.18 Å². The van der Waals surface area contributed by atoms with Crippen LogP contribution in [0.2, 0.25) is 0 Å². The quantitative estimate of drug-likeness (QED) is 0.637. The number of benzene rings is 1. The minimum absolute atomic E-state index is 0.0267. The van der Waals surface area contributed by atoms with E-state index in [0.717, 1.165) is 16.9 Å². The Bertz CT molecular complexity index is 589. The van der Waals surface area contributed by atoms with Crippen molar-refractivity contribution < 1.29 is 13.2 Å². The number of nitrogens with two attached hydrogens (primary N) is 1. The molecule has 2 aromatic rings. The highest BCUT2D eigenvalue weighted by molar-refractivity contribution is 5.80. The molecule has 1 aromatic carbocycles. The monoisotopic (exact) mass is 271 g/mol. The van der Waals surface area contributed by atoms with Gasteiger partial charge in [-0.25, -0.2) is 0 Å². The van der Waals surface area contributed by atoms with Crippen LogP contribution >= 0.6 is 0 Å². The summed E-state index contributed by atoms with van der Waals surface area (Å²) in [5.41, 5.74) is 7.21. The number of nitrogen functional groups attached to an aromatic ring is 1. The number of hydrazone groups is 1. The van der Waals surface area contributed by atoms with E-state index in [4.69, 9.17) is 5.73 Å². The lowest BCUT2D eigenvalue weighted by atomic mass is 10.1. The predicted molar refractivity (Wildman–Crippen MR) is 60.6 cm³/mol. The maximum Gasteiger partial charge on any atom is 0.416 e. The minimum Gasteiger partial charge on any atom is -0.365 e. The number of tetrazole rings is 1. The largest absolute Gasteiger partial charge is 0.416 e. The van der Waals surface area contributed by atoms with Gasteiger partial charge in [-0.15, -0.1) is 4.79 Å². The van der Waals surface area contributed by atoms with Gasteiger partial charge in [0.1, 0.15) is 0 Å². The highest BCUT2D eigenvalue weighted by Crippen LogP contribution is 2.29. The van der Waals surface area contributed by atoms with Gasteiger partial charge in [-0.1, -0.05) is 17.2 Å². The Morgan fingerprint density at radius 2 is 2.16 bits per heavy atom. The van der Waals surface area contributed by atoms with Crippen molar-refractivity contribution in [2.75, 3.05) is 11.3 Å². The second-order valence-electron chi connectivity index (χ2n) is 3.43. The fourth-order valence-corrected chi connectivity index (χ4v) is 1.22. The normalized spacial score (nSPS) is 11.9. The number of hydrogen-bond donors (Lipinski definition) is 2. The number of aromatic nitrogens is 4. The van der Waals surface area contributed by atoms with Crippen molar-refractivity contribution in [3.05, 3.63) is 35.4 Å². The second-order valence-corrected chi connectivity index (χ2v) is 3.43. The fourth-order valence-electron chi connectivity index (χ4n) is 1.22. The van der Waals surface area contributed by atoms with Crippen LogP contribution < -0.4 is 11.3 Å². The van der Waals surface area contributed by atoms with E-state index in [1.165, 1.54) is 18.3 Å². The summed E-state index contributed by atoms with van der Waals surface area (Å²) < 4.78 is 37.4. The molecule has 10 heteroatoms. The molecule has 19 heavy (non-hydrogen) atoms. The third-order valence-corrected chi connectivity index (χ3v) is 2.07. The van der Waals surface area contributed by atoms with Gasteiger partial charge < -0.3 is 5.73 Å². The van der Waals surface area contributed by atoms with E-state index < -0.39 is 11.7 Å². The zero-order chi connectivity index (χ0) is 13.9. The molecule has 0 atom stereocenters. The Morgan fingerprint density at radius 3 is 2.79 bits per heavy atom. The zero-order valence-electron chi connectivity index (χ0n) is 9.33. The first-order valence-corrected chi connectivity index (χ1v) is 4.97. The van der Waals surface area contributed by atoms with Crippen molar-refractivity contribution in [1.82, 2.24) is 20.3 Å². The Morgan fingerprint density at radius 1 is 1.37 bits per heavy atom. The number of rotatable bonds is 3. The number of nitrogens with one attached hydrogen (secondary N) is 1. The molecule has 0 radical (unpaired) electrons. The topological polar surface area (TPSA) is 94.0 Å². The van der Waals surface area contributed by atoms with Gasteiger partial charge >= 0.3 is 6.18 Å². The number of alkyl halides is 3. The van der Waals surface area contributed by atoms with Crippen molar-refractivity contribution in [1.29, 1.82) is 0 Å². The smallest absolute Gasteiger partial charge is 0.365 e. The van der Waals surface area contributed by atoms with Crippen LogP contribution in [0.1, 0.15) is 11.1 Å². The summed E-state index contributed by atoms with van der Waals surface area (Å²) in [6, 6.07) is 4.71. The molecule has 0 amide bonds. The molecular weight excluding hydrogens is 263 g/mol. The van der Waals surface area contributed by atoms with Crippen molar-refractivity contribution in [2.24, 2.45) is 5.10 Å². The Hall–Kier alpha value is -2.65. The van der Waals surface area contributed by atoms with E-state index in [2.05, 4.69) is 26.2 Å². The fraction of sp³-hybridized carbons (Fsp3) is 0.111. The van der Waals surface area contributed by atoms with E-state index in [1.807, 2.05) is 0 Å². The molecule has 3 N–H and O–H groups in total. The summed E-state index contributed by atoms with van der Waals surface area (Å²) in [6.45, 7) is 0. The van der Waals surface area contributed by atoms with Gasteiger partial charge in [0.25, 0.3) is 5.95 Å². The summed E-state index contributed by atoms with van der Waals surface area (Å²) in [6.07, 6.45) is -3.20. The first kappa shape index (κ1) is 12.8. The lowest BCUT2D eigenvalue weighted by Crippen LogP contribution is -2.13. The lowest BCUT2D eigenvalue weighted by Gasteiger charge is -2.06. The van der Waals surface area contributed by atoms with Gasteiger partial charge in [0.2, 0.25) is 0 Å². The van der Waals surface area contributed by atoms with E-state index in [9.17, 15) is 13.2 Å². The lowest BCUT2D eigenvalue weighted by molar-refractivity contribution is -0.137. The van der Waals surface area contributed by atoms with Gasteiger partial charge in [-0.05, 0) is 28.1 Å². The molecule has 0 saturated carbocycles. The van der Waals surface area contributed by atoms with Gasteiger partial charge in [0.05, 0.1) is 11.8 Å². The summed E-state index contributed by atoms with van der Waals surface area (Å²) in [4.78, 5) is 0.962. The van der Waals surface area contributed by atoms with Gasteiger partial charge in [-0.3, -0.25) is 0 Å². The summed E-state index contributed by atoms with van der Waals surface area (Å²) >= 11 is 0. The molecule has 0 aliphatic carbocycles. The van der Waals surface area contributed by atoms with Gasteiger partial charge in [0, 0.05) is 0 Å². The van der Waals surface area contributed by atoms with E-state index in [1.54, 1.807) is 0 Å². The summed E-state index contributed by atoms with van der Waals surface area (Å²) in [5, 5.41) is 13.7. The van der Waals surface area contributed by atoms with Crippen LogP contribution in [-0.4, -0.2) is 26.5 Å². The molecule has 0 unspecified atom stereocenters. The standard InChI is InChI=1S/C9H8F3N7/c10-9(11,12)7-3-1-2-6(4-7)5-14-17-19-8(13)15-16-18-19/h1-5,17H,(H2,13,15,18)/b14-5+. The molecule has 0 aliphatic rings. The molecule has 2 rings (SSSR count). The Balaban J connectivity index is 2.09. The van der Waals surface area contributed by atoms with Crippen LogP contribution in [0.4, 0.5) is 19.1 Å². The summed E-state index contributed by atoms with van der Waals surface area (Å²) in [5.74, 6) is -0.0267. The second kappa shape index (κ2) is 4.92. The molecule has 0 saturated heterocycles. The van der Waals surface area contributed by atoms with Crippen LogP contribution in [0.3, 0.4) is 0 Å². The highest BCUT2D eigenvalue weighted by Gasteiger charge is 2.30. The molecule has 0 fully saturated rings. The first-order valence-electron chi connectivity index (χ1n) is 4.97. The van der Waals surface area contributed by atoms with Crippen LogP contribution in [-0.2, 0) is 6.18 Å². The van der Waals surface area contributed by atoms with Crippen molar-refractivity contribution in [3.63, 3.8) is 0 Å². The molecule has 1 aromatic heterocycles. The minimum atomic E-state index is -4.39. The van der Waals surface area contributed by atoms with E-state index in [0.29, 0.717) is 0 Å². The third-order valence-electron chi connectivity index (χ3n) is 2.07. The SMILES string of the molecule is Nc1nnnn1N/N=C/c1cccc(C(F)(F)F)c1. The third kappa shape index (κ3) is 3.18. The zero-order valence-corrected chi connectivity index (χ0v) is 9.33. The molecule has 7 nitrogen and oxygen atoms in total. The molecule has 0 bridgehead atoms. The summed E-state index contributed by atoms with van der Waals surface area (Å²) in [7, 11) is 0. The molecular formula is C9H8F3N7. The highest BCUT2D eigenvalue weighted by atomic mass is 19.4. The number of halogens is 3. The van der Waals surface area contributed by atoms with Crippen LogP contribution in [0, 0.1) is 0 Å². The molecule has 0 aliphatic heterocycles. The molecule has 0 spiro atoms. The van der Waals surface area contributed by atoms with Crippen molar-refractivity contribution in [3.8, 4) is 0 Å². The van der Waals surface area contributed by atoms with Crippen molar-refractivity contribution >= 4 is 12.2 Å². The predicted octanol–water partition coefficient (Wildman–Crippen LogP) is 0.852. The van der Waals surface area contributed by atoms with Crippen LogP contribution in [0.25, 0.3) is 0 Å². The maximum absolute atomic E-state index is 12.5. The average Bonchev–Trinajstić information content (AvgIpc) is 2.75. The van der Waals surface area contributed by atoms with Gasteiger partial charge in [0.15, 0.2) is 0 Å². The molecule has 100 valence electrons. The maximum atomic E-state index is 12.5. The van der Waals surface area contributed by atoms with Crippen LogP contribution in [0.5, 0.6) is 0 Å². The number of anilines is 1. The van der Waals surface area contributed by atoms with E-state index in [-0.39, 0.29) is 11.5 Å². The Kier molecular flexibility index (Phi) is 3.31. The number of hydrogen-bond acceptors (Lipinski definition) is 6.